The fourth-order valence-electron chi connectivity index (χ4n) is 3.82. The van der Waals surface area contributed by atoms with Crippen LogP contribution in [0.15, 0.2) is 32.3 Å². The number of carbonyl (C=O) groups is 1. The first-order valence-corrected chi connectivity index (χ1v) is 9.14. The Balaban J connectivity index is 1.62. The van der Waals surface area contributed by atoms with Gasteiger partial charge in [0.1, 0.15) is 11.3 Å². The average Bonchev–Trinajstić information content (AvgIpc) is 3.16. The molecule has 27 heavy (non-hydrogen) atoms. The first-order chi connectivity index (χ1) is 12.9. The third kappa shape index (κ3) is 3.23. The molecule has 7 nitrogen and oxygen atoms in total. The van der Waals surface area contributed by atoms with Crippen molar-refractivity contribution in [1.29, 1.82) is 0 Å². The second-order valence-corrected chi connectivity index (χ2v) is 7.30. The summed E-state index contributed by atoms with van der Waals surface area (Å²) in [5.41, 5.74) is 1.96. The highest BCUT2D eigenvalue weighted by Crippen LogP contribution is 2.26. The van der Waals surface area contributed by atoms with Crippen LogP contribution in [-0.2, 0) is 24.8 Å². The summed E-state index contributed by atoms with van der Waals surface area (Å²) in [4.78, 5) is 39.0. The molecule has 4 rings (SSSR count). The fourth-order valence-corrected chi connectivity index (χ4v) is 3.82. The molecular formula is C20H22N2O5. The van der Waals surface area contributed by atoms with Crippen molar-refractivity contribution in [1.82, 2.24) is 9.47 Å². The molecule has 2 aromatic heterocycles. The molecule has 0 N–H and O–H groups in total. The van der Waals surface area contributed by atoms with E-state index in [2.05, 4.69) is 0 Å². The highest BCUT2D eigenvalue weighted by atomic mass is 16.5. The van der Waals surface area contributed by atoms with Crippen molar-refractivity contribution in [2.24, 2.45) is 7.05 Å². The van der Waals surface area contributed by atoms with Gasteiger partial charge in [0.05, 0.1) is 6.61 Å². The Labute approximate surface area is 156 Å². The first kappa shape index (κ1) is 17.7. The number of rotatable bonds is 2. The zero-order chi connectivity index (χ0) is 19.1. The number of carbonyl (C=O) groups excluding carboxylic acids is 1. The van der Waals surface area contributed by atoms with Crippen LogP contribution in [0.25, 0.3) is 0 Å². The van der Waals surface area contributed by atoms with E-state index in [1.54, 1.807) is 37.2 Å². The van der Waals surface area contributed by atoms with Crippen molar-refractivity contribution >= 4 is 5.91 Å². The van der Waals surface area contributed by atoms with Gasteiger partial charge in [0, 0.05) is 44.9 Å². The highest BCUT2D eigenvalue weighted by Gasteiger charge is 2.28. The molecule has 0 spiro atoms. The molecule has 7 heteroatoms. The van der Waals surface area contributed by atoms with Gasteiger partial charge in [-0.3, -0.25) is 9.59 Å². The molecule has 0 radical (unpaired) electrons. The van der Waals surface area contributed by atoms with Crippen LogP contribution in [0.2, 0.25) is 0 Å². The van der Waals surface area contributed by atoms with Crippen LogP contribution in [0.3, 0.4) is 0 Å². The van der Waals surface area contributed by atoms with Gasteiger partial charge >= 0.3 is 5.63 Å². The van der Waals surface area contributed by atoms with E-state index in [1.165, 1.54) is 4.57 Å². The van der Waals surface area contributed by atoms with Crippen LogP contribution in [0.5, 0.6) is 0 Å². The summed E-state index contributed by atoms with van der Waals surface area (Å²) in [6, 6.07) is 3.41. The normalized spacial score (nSPS) is 19.2. The molecule has 1 saturated heterocycles. The summed E-state index contributed by atoms with van der Waals surface area (Å²) in [7, 11) is 1.69. The topological polar surface area (TPSA) is 81.8 Å². The zero-order valence-corrected chi connectivity index (χ0v) is 15.5. The van der Waals surface area contributed by atoms with Gasteiger partial charge < -0.3 is 18.6 Å². The van der Waals surface area contributed by atoms with E-state index < -0.39 is 5.63 Å². The van der Waals surface area contributed by atoms with Gasteiger partial charge in [-0.1, -0.05) is 0 Å². The maximum absolute atomic E-state index is 13.0. The Morgan fingerprint density at radius 3 is 2.74 bits per heavy atom. The number of pyridine rings is 1. The quantitative estimate of drug-likeness (QED) is 0.797. The number of hydrogen-bond acceptors (Lipinski definition) is 5. The lowest BCUT2D eigenvalue weighted by atomic mass is 9.99. The van der Waals surface area contributed by atoms with Gasteiger partial charge in [-0.25, -0.2) is 4.79 Å². The molecule has 0 bridgehead atoms. The summed E-state index contributed by atoms with van der Waals surface area (Å²) in [6.45, 7) is 3.81. The Morgan fingerprint density at radius 2 is 2.04 bits per heavy atom. The lowest BCUT2D eigenvalue weighted by Crippen LogP contribution is -2.39. The monoisotopic (exact) mass is 370 g/mol. The number of nitrogens with zero attached hydrogens (tertiary/aromatic N) is 2. The van der Waals surface area contributed by atoms with E-state index in [0.29, 0.717) is 44.0 Å². The van der Waals surface area contributed by atoms with Crippen molar-refractivity contribution in [2.75, 3.05) is 19.8 Å². The predicted molar refractivity (Wildman–Crippen MR) is 98.0 cm³/mol. The lowest BCUT2D eigenvalue weighted by molar-refractivity contribution is 0.0728. The van der Waals surface area contributed by atoms with Crippen molar-refractivity contribution < 1.29 is 13.9 Å². The second kappa shape index (κ2) is 6.81. The minimum absolute atomic E-state index is 0.0588. The van der Waals surface area contributed by atoms with Crippen LogP contribution in [0.4, 0.5) is 0 Å². The van der Waals surface area contributed by atoms with Crippen molar-refractivity contribution in [3.63, 3.8) is 0 Å². The predicted octanol–water partition coefficient (Wildman–Crippen LogP) is 1.35. The molecule has 142 valence electrons. The number of fused-ring (bicyclic) bond motifs is 1. The number of aromatic nitrogens is 1. The van der Waals surface area contributed by atoms with Gasteiger partial charge in [0.15, 0.2) is 0 Å². The third-order valence-electron chi connectivity index (χ3n) is 5.42. The highest BCUT2D eigenvalue weighted by molar-refractivity contribution is 5.95. The van der Waals surface area contributed by atoms with Crippen molar-refractivity contribution in [3.8, 4) is 0 Å². The van der Waals surface area contributed by atoms with E-state index >= 15 is 0 Å². The number of aryl methyl sites for hydroxylation is 2. The Morgan fingerprint density at radius 1 is 1.22 bits per heavy atom. The summed E-state index contributed by atoms with van der Waals surface area (Å²) >= 11 is 0. The Hall–Kier alpha value is -2.67. The van der Waals surface area contributed by atoms with Crippen molar-refractivity contribution in [3.05, 3.63) is 67.1 Å². The molecule has 4 heterocycles. The number of hydrogen-bond donors (Lipinski definition) is 0. The summed E-state index contributed by atoms with van der Waals surface area (Å²) in [5, 5.41) is 0. The molecular weight excluding hydrogens is 348 g/mol. The molecule has 2 aliphatic heterocycles. The van der Waals surface area contributed by atoms with Gasteiger partial charge in [-0.2, -0.15) is 0 Å². The average molecular weight is 370 g/mol. The van der Waals surface area contributed by atoms with Gasteiger partial charge in [0.25, 0.3) is 11.5 Å². The summed E-state index contributed by atoms with van der Waals surface area (Å²) in [5.74, 6) is 0.337. The second-order valence-electron chi connectivity index (χ2n) is 7.30. The number of ether oxygens (including phenoxy) is 1. The molecule has 0 saturated carbocycles. The minimum Gasteiger partial charge on any atom is -0.427 e. The van der Waals surface area contributed by atoms with Crippen molar-refractivity contribution in [2.45, 2.75) is 32.2 Å². The lowest BCUT2D eigenvalue weighted by Gasteiger charge is -2.29. The molecule has 1 atom stereocenters. The fraction of sp³-hybridized carbons (Fsp3) is 0.450. The molecule has 0 aromatic carbocycles. The molecule has 1 amide bonds. The molecule has 2 aliphatic rings. The van der Waals surface area contributed by atoms with Crippen LogP contribution in [0.1, 0.15) is 45.1 Å². The smallest absolute Gasteiger partial charge is 0.349 e. The van der Waals surface area contributed by atoms with Gasteiger partial charge in [-0.15, -0.1) is 0 Å². The third-order valence-corrected chi connectivity index (χ3v) is 5.42. The van der Waals surface area contributed by atoms with E-state index in [1.807, 2.05) is 0 Å². The van der Waals surface area contributed by atoms with E-state index in [0.717, 1.165) is 17.5 Å². The molecule has 0 aliphatic carbocycles. The zero-order valence-electron chi connectivity index (χ0n) is 15.5. The first-order valence-electron chi connectivity index (χ1n) is 9.14. The summed E-state index contributed by atoms with van der Waals surface area (Å²) in [6.07, 6.45) is 3.17. The summed E-state index contributed by atoms with van der Waals surface area (Å²) < 4.78 is 12.3. The Kier molecular flexibility index (Phi) is 4.47. The van der Waals surface area contributed by atoms with Crippen LogP contribution in [-0.4, -0.2) is 35.1 Å². The van der Waals surface area contributed by atoms with Crippen LogP contribution < -0.4 is 11.2 Å². The van der Waals surface area contributed by atoms with E-state index in [-0.39, 0.29) is 22.9 Å². The van der Waals surface area contributed by atoms with E-state index in [4.69, 9.17) is 9.15 Å². The minimum atomic E-state index is -0.590. The van der Waals surface area contributed by atoms with Gasteiger partial charge in [0.2, 0.25) is 0 Å². The van der Waals surface area contributed by atoms with E-state index in [9.17, 15) is 14.4 Å². The maximum atomic E-state index is 13.0. The molecule has 2 aromatic rings. The van der Waals surface area contributed by atoms with Crippen LogP contribution >= 0.6 is 0 Å². The maximum Gasteiger partial charge on any atom is 0.349 e. The Bertz CT molecular complexity index is 1010. The molecule has 1 fully saturated rings. The largest absolute Gasteiger partial charge is 0.427 e. The molecule has 1 unspecified atom stereocenters. The SMILES string of the molecule is Cc1cc(C2CCOC2)oc(=O)c1C(=O)N1CCc2cc(=O)n(C)cc2C1. The standard InChI is InChI=1S/C20H22N2O5/c1-12-7-16(14-4-6-26-11-14)27-20(25)18(12)19(24)22-5-3-13-8-17(23)21(2)9-15(13)10-22/h7-9,14H,3-6,10-11H2,1-2H3. The van der Waals surface area contributed by atoms with Crippen LogP contribution in [0, 0.1) is 6.92 Å². The van der Waals surface area contributed by atoms with Gasteiger partial charge in [-0.05, 0) is 42.5 Å². The number of amides is 1.